The van der Waals surface area contributed by atoms with Gasteiger partial charge in [-0.3, -0.25) is 0 Å². The Bertz CT molecular complexity index is 928. The van der Waals surface area contributed by atoms with Crippen molar-refractivity contribution in [2.45, 2.75) is 19.4 Å². The molecule has 1 heterocycles. The fourth-order valence-corrected chi connectivity index (χ4v) is 3.74. The molecule has 0 saturated carbocycles. The van der Waals surface area contributed by atoms with Crippen molar-refractivity contribution >= 4 is 56.6 Å². The molecule has 2 N–H and O–H groups in total. The Morgan fingerprint density at radius 1 is 1.31 bits per heavy atom. The summed E-state index contributed by atoms with van der Waals surface area (Å²) in [7, 11) is 0. The highest BCUT2D eigenvalue weighted by molar-refractivity contribution is 14.1. The summed E-state index contributed by atoms with van der Waals surface area (Å²) >= 11 is 9.79. The average molecular weight is 499 g/mol. The van der Waals surface area contributed by atoms with E-state index < -0.39 is 12.0 Å². The van der Waals surface area contributed by atoms with Gasteiger partial charge in [-0.05, 0) is 58.8 Å². The molecule has 0 saturated heterocycles. The van der Waals surface area contributed by atoms with Gasteiger partial charge in [-0.15, -0.1) is 11.3 Å². The van der Waals surface area contributed by atoms with Crippen LogP contribution in [-0.2, 0) is 11.2 Å². The monoisotopic (exact) mass is 498 g/mol. The zero-order valence-electron chi connectivity index (χ0n) is 13.9. The quantitative estimate of drug-likeness (QED) is 0.442. The van der Waals surface area contributed by atoms with E-state index in [1.54, 1.807) is 0 Å². The van der Waals surface area contributed by atoms with E-state index >= 15 is 0 Å². The number of halogens is 2. The number of aromatic nitrogens is 1. The number of nitrogens with one attached hydrogen (secondary N) is 1. The van der Waals surface area contributed by atoms with E-state index in [9.17, 15) is 9.90 Å². The lowest BCUT2D eigenvalue weighted by Gasteiger charge is -2.13. The van der Waals surface area contributed by atoms with Crippen molar-refractivity contribution in [2.24, 2.45) is 0 Å². The summed E-state index contributed by atoms with van der Waals surface area (Å²) in [5, 5.41) is 15.7. The van der Waals surface area contributed by atoms with Gasteiger partial charge in [0.25, 0.3) is 0 Å². The van der Waals surface area contributed by atoms with Crippen molar-refractivity contribution in [3.05, 3.63) is 67.6 Å². The molecule has 2 aromatic carbocycles. The average Bonchev–Trinajstić information content (AvgIpc) is 3.07. The second kappa shape index (κ2) is 8.37. The number of hydrogen-bond donors (Lipinski definition) is 2. The highest BCUT2D eigenvalue weighted by atomic mass is 127. The summed E-state index contributed by atoms with van der Waals surface area (Å²) in [6.45, 7) is 1.95. The van der Waals surface area contributed by atoms with Crippen LogP contribution in [0.2, 0.25) is 5.02 Å². The standard InChI is InChI=1S/C19H16ClIN2O2S/c1-11-2-5-13(9-15(11)20)17-10-26-19(23-17)22-16(18(24)25)8-12-3-6-14(21)7-4-12/h2-7,9-10,16H,8H2,1H3,(H,22,23)(H,24,25). The van der Waals surface area contributed by atoms with E-state index in [1.165, 1.54) is 11.3 Å². The van der Waals surface area contributed by atoms with Crippen LogP contribution in [0, 0.1) is 10.5 Å². The van der Waals surface area contributed by atoms with Crippen LogP contribution in [0.5, 0.6) is 0 Å². The Labute approximate surface area is 174 Å². The number of nitrogens with zero attached hydrogens (tertiary/aromatic N) is 1. The van der Waals surface area contributed by atoms with Gasteiger partial charge in [-0.1, -0.05) is 35.9 Å². The molecular formula is C19H16ClIN2O2S. The number of hydrogen-bond acceptors (Lipinski definition) is 4. The highest BCUT2D eigenvalue weighted by Crippen LogP contribution is 2.28. The summed E-state index contributed by atoms with van der Waals surface area (Å²) in [4.78, 5) is 16.1. The molecule has 0 bridgehead atoms. The number of carboxylic acids is 1. The third kappa shape index (κ3) is 4.75. The van der Waals surface area contributed by atoms with Crippen LogP contribution in [0.15, 0.2) is 47.8 Å². The van der Waals surface area contributed by atoms with Crippen molar-refractivity contribution in [1.82, 2.24) is 4.98 Å². The zero-order chi connectivity index (χ0) is 18.7. The molecule has 0 radical (unpaired) electrons. The molecule has 4 nitrogen and oxygen atoms in total. The minimum atomic E-state index is -0.904. The lowest BCUT2D eigenvalue weighted by atomic mass is 10.1. The number of carboxylic acid groups (broad SMARTS) is 1. The van der Waals surface area contributed by atoms with Gasteiger partial charge in [0.05, 0.1) is 5.69 Å². The zero-order valence-corrected chi connectivity index (χ0v) is 17.6. The molecule has 0 amide bonds. The number of aryl methyl sites for hydroxylation is 1. The van der Waals surface area contributed by atoms with E-state index in [0.29, 0.717) is 16.6 Å². The SMILES string of the molecule is Cc1ccc(-c2csc(NC(Cc3ccc(I)cc3)C(=O)O)n2)cc1Cl. The lowest BCUT2D eigenvalue weighted by Crippen LogP contribution is -2.31. The first-order valence-electron chi connectivity index (χ1n) is 7.88. The first-order chi connectivity index (χ1) is 12.4. The second-order valence-electron chi connectivity index (χ2n) is 5.87. The molecule has 0 aliphatic heterocycles. The second-order valence-corrected chi connectivity index (χ2v) is 8.38. The van der Waals surface area contributed by atoms with Crippen molar-refractivity contribution in [2.75, 3.05) is 5.32 Å². The molecule has 7 heteroatoms. The van der Waals surface area contributed by atoms with Crippen molar-refractivity contribution in [3.63, 3.8) is 0 Å². The predicted octanol–water partition coefficient (Wildman–Crippen LogP) is 5.48. The van der Waals surface area contributed by atoms with Gasteiger partial charge >= 0.3 is 5.97 Å². The number of carbonyl (C=O) groups is 1. The van der Waals surface area contributed by atoms with E-state index in [-0.39, 0.29) is 0 Å². The van der Waals surface area contributed by atoms with Gasteiger partial charge in [0.15, 0.2) is 5.13 Å². The van der Waals surface area contributed by atoms with Crippen LogP contribution in [0.4, 0.5) is 5.13 Å². The molecule has 1 atom stereocenters. The molecule has 3 rings (SSSR count). The van der Waals surface area contributed by atoms with E-state index in [0.717, 1.165) is 26.0 Å². The largest absolute Gasteiger partial charge is 0.480 e. The highest BCUT2D eigenvalue weighted by Gasteiger charge is 2.19. The number of aliphatic carboxylic acids is 1. The van der Waals surface area contributed by atoms with Gasteiger partial charge in [-0.25, -0.2) is 9.78 Å². The van der Waals surface area contributed by atoms with Crippen LogP contribution >= 0.6 is 45.5 Å². The normalized spacial score (nSPS) is 12.0. The van der Waals surface area contributed by atoms with E-state index in [4.69, 9.17) is 11.6 Å². The smallest absolute Gasteiger partial charge is 0.326 e. The Morgan fingerprint density at radius 3 is 2.69 bits per heavy atom. The minimum absolute atomic E-state index is 0.386. The summed E-state index contributed by atoms with van der Waals surface area (Å²) in [5.74, 6) is -0.904. The van der Waals surface area contributed by atoms with Crippen LogP contribution in [0.1, 0.15) is 11.1 Å². The topological polar surface area (TPSA) is 62.2 Å². The maximum absolute atomic E-state index is 11.6. The lowest BCUT2D eigenvalue weighted by molar-refractivity contribution is -0.137. The molecule has 3 aromatic rings. The van der Waals surface area contributed by atoms with Crippen LogP contribution < -0.4 is 5.32 Å². The van der Waals surface area contributed by atoms with Crippen molar-refractivity contribution < 1.29 is 9.90 Å². The molecule has 134 valence electrons. The maximum Gasteiger partial charge on any atom is 0.326 e. The summed E-state index contributed by atoms with van der Waals surface area (Å²) < 4.78 is 1.12. The first-order valence-corrected chi connectivity index (χ1v) is 10.2. The molecule has 26 heavy (non-hydrogen) atoms. The molecule has 0 aliphatic carbocycles. The number of rotatable bonds is 6. The number of anilines is 1. The Hall–Kier alpha value is -1.64. The van der Waals surface area contributed by atoms with Gasteiger partial charge < -0.3 is 10.4 Å². The van der Waals surface area contributed by atoms with Crippen LogP contribution in [0.3, 0.4) is 0 Å². The van der Waals surface area contributed by atoms with E-state index in [2.05, 4.69) is 32.9 Å². The third-order valence-corrected chi connectivity index (χ3v) is 5.82. The molecule has 1 unspecified atom stereocenters. The molecule has 0 fully saturated rings. The molecule has 1 aromatic heterocycles. The summed E-state index contributed by atoms with van der Waals surface area (Å²) in [6, 6.07) is 12.9. The van der Waals surface area contributed by atoms with Crippen molar-refractivity contribution in [3.8, 4) is 11.3 Å². The Morgan fingerprint density at radius 2 is 2.04 bits per heavy atom. The number of benzene rings is 2. The summed E-state index contributed by atoms with van der Waals surface area (Å²) in [5.41, 5.74) is 3.66. The fraction of sp³-hybridized carbons (Fsp3) is 0.158. The Kier molecular flexibility index (Phi) is 6.16. The van der Waals surface area contributed by atoms with Crippen LogP contribution in [-0.4, -0.2) is 22.1 Å². The van der Waals surface area contributed by atoms with Gasteiger partial charge in [0, 0.05) is 26.0 Å². The van der Waals surface area contributed by atoms with Crippen LogP contribution in [0.25, 0.3) is 11.3 Å². The summed E-state index contributed by atoms with van der Waals surface area (Å²) in [6.07, 6.45) is 0.386. The Balaban J connectivity index is 1.75. The molecule has 0 aliphatic rings. The van der Waals surface area contributed by atoms with Gasteiger partial charge in [-0.2, -0.15) is 0 Å². The molecular weight excluding hydrogens is 483 g/mol. The first kappa shape index (κ1) is 19.1. The fourth-order valence-electron chi connectivity index (χ4n) is 2.43. The van der Waals surface area contributed by atoms with E-state index in [1.807, 2.05) is 54.8 Å². The molecule has 0 spiro atoms. The third-order valence-electron chi connectivity index (χ3n) is 3.92. The number of thiazole rings is 1. The van der Waals surface area contributed by atoms with Gasteiger partial charge in [0.2, 0.25) is 0 Å². The minimum Gasteiger partial charge on any atom is -0.480 e. The van der Waals surface area contributed by atoms with Gasteiger partial charge in [0.1, 0.15) is 6.04 Å². The van der Waals surface area contributed by atoms with Crippen molar-refractivity contribution in [1.29, 1.82) is 0 Å². The predicted molar refractivity (Wildman–Crippen MR) is 115 cm³/mol. The maximum atomic E-state index is 11.6.